The lowest BCUT2D eigenvalue weighted by molar-refractivity contribution is 0.0435. The lowest BCUT2D eigenvalue weighted by Gasteiger charge is -2.07. The van der Waals surface area contributed by atoms with Crippen LogP contribution in [0, 0.1) is 6.92 Å². The maximum Gasteiger partial charge on any atom is 0.348 e. The Hall–Kier alpha value is -3.85. The monoisotopic (exact) mass is 466 g/mol. The molecule has 0 atom stereocenters. The largest absolute Gasteiger partial charge is 0.497 e. The fourth-order valence-corrected chi connectivity index (χ4v) is 4.18. The number of carbonyl (C=O) groups is 1. The standard InChI is InChI=1S/C24H22N2O6S/c1-14-19(15-5-7-16(28-2)8-6-15)12-21(33-14)24(27)31-13-22-25-23(26-32-22)18-10-9-17(29-3)11-20(18)30-4/h5-12H,13H2,1-4H3. The molecule has 0 aliphatic heterocycles. The SMILES string of the molecule is COc1ccc(-c2cc(C(=O)OCc3nc(-c4ccc(OC)cc4OC)no3)sc2C)cc1. The number of aryl methyl sites for hydroxylation is 1. The molecule has 33 heavy (non-hydrogen) atoms. The normalized spacial score (nSPS) is 10.7. The second kappa shape index (κ2) is 9.74. The molecule has 4 rings (SSSR count). The van der Waals surface area contributed by atoms with Crippen LogP contribution in [0.1, 0.15) is 20.4 Å². The number of aromatic nitrogens is 2. The molecule has 0 radical (unpaired) electrons. The van der Waals surface area contributed by atoms with Crippen molar-refractivity contribution in [2.75, 3.05) is 21.3 Å². The average Bonchev–Trinajstić information content (AvgIpc) is 3.49. The molecular formula is C24H22N2O6S. The first-order chi connectivity index (χ1) is 16.0. The van der Waals surface area contributed by atoms with E-state index in [1.807, 2.05) is 37.3 Å². The van der Waals surface area contributed by atoms with Gasteiger partial charge in [-0.05, 0) is 48.4 Å². The summed E-state index contributed by atoms with van der Waals surface area (Å²) in [5.74, 6) is 2.02. The Morgan fingerprint density at radius 1 is 0.939 bits per heavy atom. The summed E-state index contributed by atoms with van der Waals surface area (Å²) in [4.78, 5) is 18.4. The smallest absolute Gasteiger partial charge is 0.348 e. The quantitative estimate of drug-likeness (QED) is 0.329. The van der Waals surface area contributed by atoms with Crippen LogP contribution in [0.5, 0.6) is 17.2 Å². The van der Waals surface area contributed by atoms with Crippen molar-refractivity contribution in [2.45, 2.75) is 13.5 Å². The van der Waals surface area contributed by atoms with Gasteiger partial charge in [0.1, 0.15) is 22.1 Å². The van der Waals surface area contributed by atoms with Crippen molar-refractivity contribution in [1.29, 1.82) is 0 Å². The summed E-state index contributed by atoms with van der Waals surface area (Å²) in [5, 5.41) is 3.97. The predicted octanol–water partition coefficient (Wildman–Crippen LogP) is 5.16. The first kappa shape index (κ1) is 22.3. The van der Waals surface area contributed by atoms with Crippen molar-refractivity contribution in [3.8, 4) is 39.8 Å². The minimum Gasteiger partial charge on any atom is -0.497 e. The van der Waals surface area contributed by atoms with Crippen LogP contribution in [0.2, 0.25) is 0 Å². The van der Waals surface area contributed by atoms with Gasteiger partial charge in [0, 0.05) is 10.9 Å². The van der Waals surface area contributed by atoms with E-state index >= 15 is 0 Å². The van der Waals surface area contributed by atoms with Crippen molar-refractivity contribution in [3.05, 3.63) is 64.2 Å². The summed E-state index contributed by atoms with van der Waals surface area (Å²) < 4.78 is 26.4. The molecular weight excluding hydrogens is 444 g/mol. The van der Waals surface area contributed by atoms with E-state index in [0.29, 0.717) is 27.8 Å². The number of nitrogens with zero attached hydrogens (tertiary/aromatic N) is 2. The van der Waals surface area contributed by atoms with E-state index in [1.54, 1.807) is 39.5 Å². The minimum atomic E-state index is -0.454. The Kier molecular flexibility index (Phi) is 6.60. The van der Waals surface area contributed by atoms with Gasteiger partial charge in [0.05, 0.1) is 26.9 Å². The molecule has 0 unspecified atom stereocenters. The number of benzene rings is 2. The van der Waals surface area contributed by atoms with Crippen LogP contribution in [-0.4, -0.2) is 37.4 Å². The summed E-state index contributed by atoms with van der Waals surface area (Å²) in [6, 6.07) is 14.8. The summed E-state index contributed by atoms with van der Waals surface area (Å²) >= 11 is 1.37. The molecule has 0 fully saturated rings. The molecule has 2 aromatic carbocycles. The fraction of sp³-hybridized carbons (Fsp3) is 0.208. The molecule has 8 nitrogen and oxygen atoms in total. The van der Waals surface area contributed by atoms with E-state index in [2.05, 4.69) is 10.1 Å². The third kappa shape index (κ3) is 4.83. The van der Waals surface area contributed by atoms with E-state index < -0.39 is 5.97 Å². The van der Waals surface area contributed by atoms with Gasteiger partial charge in [-0.3, -0.25) is 0 Å². The Morgan fingerprint density at radius 3 is 2.36 bits per heavy atom. The van der Waals surface area contributed by atoms with Gasteiger partial charge in [-0.25, -0.2) is 4.79 Å². The molecule has 0 N–H and O–H groups in total. The molecule has 0 saturated heterocycles. The van der Waals surface area contributed by atoms with Crippen LogP contribution in [0.4, 0.5) is 0 Å². The highest BCUT2D eigenvalue weighted by molar-refractivity contribution is 7.14. The molecule has 0 saturated carbocycles. The number of ether oxygens (including phenoxy) is 4. The molecule has 9 heteroatoms. The lowest BCUT2D eigenvalue weighted by atomic mass is 10.1. The Labute approximate surface area is 194 Å². The number of carbonyl (C=O) groups excluding carboxylic acids is 1. The van der Waals surface area contributed by atoms with Crippen LogP contribution in [0.3, 0.4) is 0 Å². The number of thiophene rings is 1. The third-order valence-electron chi connectivity index (χ3n) is 4.96. The van der Waals surface area contributed by atoms with Crippen LogP contribution in [-0.2, 0) is 11.3 Å². The Balaban J connectivity index is 1.44. The zero-order valence-electron chi connectivity index (χ0n) is 18.6. The first-order valence-electron chi connectivity index (χ1n) is 9.99. The van der Waals surface area contributed by atoms with Crippen LogP contribution in [0.25, 0.3) is 22.5 Å². The highest BCUT2D eigenvalue weighted by atomic mass is 32.1. The van der Waals surface area contributed by atoms with Gasteiger partial charge >= 0.3 is 5.97 Å². The van der Waals surface area contributed by atoms with Gasteiger partial charge < -0.3 is 23.5 Å². The van der Waals surface area contributed by atoms with E-state index in [1.165, 1.54) is 11.3 Å². The van der Waals surface area contributed by atoms with Crippen molar-refractivity contribution in [3.63, 3.8) is 0 Å². The Bertz CT molecular complexity index is 1260. The number of hydrogen-bond donors (Lipinski definition) is 0. The van der Waals surface area contributed by atoms with Crippen molar-refractivity contribution in [2.24, 2.45) is 0 Å². The maximum atomic E-state index is 12.6. The van der Waals surface area contributed by atoms with Gasteiger partial charge in [0.2, 0.25) is 5.82 Å². The summed E-state index contributed by atoms with van der Waals surface area (Å²) in [6.07, 6.45) is 0. The molecule has 2 aromatic heterocycles. The summed E-state index contributed by atoms with van der Waals surface area (Å²) in [5.41, 5.74) is 2.61. The summed E-state index contributed by atoms with van der Waals surface area (Å²) in [7, 11) is 4.74. The molecule has 0 amide bonds. The maximum absolute atomic E-state index is 12.6. The van der Waals surface area contributed by atoms with E-state index in [4.69, 9.17) is 23.5 Å². The van der Waals surface area contributed by atoms with Crippen LogP contribution in [0.15, 0.2) is 53.1 Å². The number of methoxy groups -OCH3 is 3. The topological polar surface area (TPSA) is 92.9 Å². The zero-order valence-corrected chi connectivity index (χ0v) is 19.4. The molecule has 0 aliphatic carbocycles. The first-order valence-corrected chi connectivity index (χ1v) is 10.8. The van der Waals surface area contributed by atoms with E-state index in [9.17, 15) is 4.79 Å². The Morgan fingerprint density at radius 2 is 1.67 bits per heavy atom. The second-order valence-corrected chi connectivity index (χ2v) is 8.22. The molecule has 0 bridgehead atoms. The van der Waals surface area contributed by atoms with Crippen molar-refractivity contribution < 1.29 is 28.3 Å². The number of esters is 1. The highest BCUT2D eigenvalue weighted by Crippen LogP contribution is 2.33. The summed E-state index contributed by atoms with van der Waals surface area (Å²) in [6.45, 7) is 1.83. The van der Waals surface area contributed by atoms with Gasteiger partial charge in [-0.15, -0.1) is 11.3 Å². The highest BCUT2D eigenvalue weighted by Gasteiger charge is 2.18. The van der Waals surface area contributed by atoms with Crippen molar-refractivity contribution in [1.82, 2.24) is 10.1 Å². The molecule has 2 heterocycles. The van der Waals surface area contributed by atoms with E-state index in [-0.39, 0.29) is 12.5 Å². The molecule has 4 aromatic rings. The van der Waals surface area contributed by atoms with Gasteiger partial charge in [-0.2, -0.15) is 4.98 Å². The molecule has 0 spiro atoms. The molecule has 170 valence electrons. The third-order valence-corrected chi connectivity index (χ3v) is 5.99. The van der Waals surface area contributed by atoms with Crippen molar-refractivity contribution >= 4 is 17.3 Å². The van der Waals surface area contributed by atoms with Crippen LogP contribution >= 0.6 is 11.3 Å². The number of hydrogen-bond acceptors (Lipinski definition) is 9. The van der Waals surface area contributed by atoms with E-state index in [0.717, 1.165) is 21.8 Å². The fourth-order valence-electron chi connectivity index (χ4n) is 3.24. The number of rotatable bonds is 8. The van der Waals surface area contributed by atoms with Crippen LogP contribution < -0.4 is 14.2 Å². The average molecular weight is 467 g/mol. The zero-order chi connectivity index (χ0) is 23.4. The minimum absolute atomic E-state index is 0.140. The predicted molar refractivity (Wildman–Crippen MR) is 123 cm³/mol. The van der Waals surface area contributed by atoms with Gasteiger partial charge in [-0.1, -0.05) is 17.3 Å². The van der Waals surface area contributed by atoms with Gasteiger partial charge in [0.25, 0.3) is 5.89 Å². The second-order valence-electron chi connectivity index (χ2n) is 6.96. The van der Waals surface area contributed by atoms with Gasteiger partial charge in [0.15, 0.2) is 6.61 Å². The molecule has 0 aliphatic rings. The lowest BCUT2D eigenvalue weighted by Crippen LogP contribution is -2.03.